The van der Waals surface area contributed by atoms with E-state index in [1.807, 2.05) is 42.5 Å². The van der Waals surface area contributed by atoms with Crippen LogP contribution in [0.1, 0.15) is 34.9 Å². The Bertz CT molecular complexity index is 1050. The molecule has 1 amide bonds. The van der Waals surface area contributed by atoms with Gasteiger partial charge in [0.1, 0.15) is 11.4 Å². The van der Waals surface area contributed by atoms with Crippen LogP contribution in [0.25, 0.3) is 10.8 Å². The van der Waals surface area contributed by atoms with Crippen molar-refractivity contribution < 1.29 is 9.53 Å². The number of pyridine rings is 1. The average Bonchev–Trinajstić information content (AvgIpc) is 3.29. The van der Waals surface area contributed by atoms with Gasteiger partial charge in [0.25, 0.3) is 11.5 Å². The first-order valence-electron chi connectivity index (χ1n) is 9.94. The number of fused-ring (bicyclic) bond motifs is 1. The fraction of sp³-hybridized carbons (Fsp3) is 0.304. The molecule has 6 heteroatoms. The second-order valence-electron chi connectivity index (χ2n) is 7.34. The lowest BCUT2D eigenvalue weighted by Gasteiger charge is -2.28. The van der Waals surface area contributed by atoms with Gasteiger partial charge in [-0.1, -0.05) is 30.3 Å². The fourth-order valence-corrected chi connectivity index (χ4v) is 3.95. The molecule has 1 atom stereocenters. The minimum Gasteiger partial charge on any atom is -0.497 e. The van der Waals surface area contributed by atoms with Crippen LogP contribution in [0.15, 0.2) is 59.4 Å². The fourth-order valence-electron chi connectivity index (χ4n) is 3.95. The number of amides is 1. The third kappa shape index (κ3) is 4.17. The van der Waals surface area contributed by atoms with Gasteiger partial charge in [-0.2, -0.15) is 0 Å². The summed E-state index contributed by atoms with van der Waals surface area (Å²) in [5, 5.41) is 4.35. The number of hydrogen-bond acceptors (Lipinski definition) is 4. The number of nitrogens with one attached hydrogen (secondary N) is 2. The molecule has 0 spiro atoms. The third-order valence-electron chi connectivity index (χ3n) is 5.54. The monoisotopic (exact) mass is 391 g/mol. The van der Waals surface area contributed by atoms with Gasteiger partial charge in [0, 0.05) is 11.9 Å². The van der Waals surface area contributed by atoms with Crippen LogP contribution in [-0.4, -0.2) is 42.5 Å². The molecular weight excluding hydrogens is 366 g/mol. The van der Waals surface area contributed by atoms with E-state index in [2.05, 4.69) is 15.2 Å². The Kier molecular flexibility index (Phi) is 5.62. The molecule has 2 heterocycles. The Labute approximate surface area is 169 Å². The second kappa shape index (κ2) is 8.49. The van der Waals surface area contributed by atoms with Gasteiger partial charge < -0.3 is 15.0 Å². The highest BCUT2D eigenvalue weighted by molar-refractivity contribution is 5.96. The number of rotatable bonds is 6. The van der Waals surface area contributed by atoms with Gasteiger partial charge in [0.15, 0.2) is 0 Å². The summed E-state index contributed by atoms with van der Waals surface area (Å²) in [5.41, 5.74) is 1.17. The summed E-state index contributed by atoms with van der Waals surface area (Å²) in [6.45, 7) is 2.50. The molecule has 1 aliphatic heterocycles. The molecule has 1 aliphatic rings. The number of benzene rings is 2. The van der Waals surface area contributed by atoms with E-state index in [-0.39, 0.29) is 23.2 Å². The van der Waals surface area contributed by atoms with Crippen molar-refractivity contribution in [2.24, 2.45) is 0 Å². The summed E-state index contributed by atoms with van der Waals surface area (Å²) in [6, 6.07) is 17.1. The Hall–Kier alpha value is -3.12. The SMILES string of the molecule is COc1ccc(C(CNC(=O)c2cc3ccccc3c(=O)[nH]2)N2CCCC2)cc1. The highest BCUT2D eigenvalue weighted by Gasteiger charge is 2.24. The number of carbonyl (C=O) groups excluding carboxylic acids is 1. The van der Waals surface area contributed by atoms with Gasteiger partial charge in [-0.3, -0.25) is 14.5 Å². The molecule has 6 nitrogen and oxygen atoms in total. The number of aromatic nitrogens is 1. The average molecular weight is 391 g/mol. The number of ether oxygens (including phenoxy) is 1. The maximum Gasteiger partial charge on any atom is 0.267 e. The van der Waals surface area contributed by atoms with Crippen LogP contribution < -0.4 is 15.6 Å². The summed E-state index contributed by atoms with van der Waals surface area (Å²) in [6.07, 6.45) is 2.33. The zero-order valence-corrected chi connectivity index (χ0v) is 16.5. The van der Waals surface area contributed by atoms with Crippen molar-refractivity contribution in [1.82, 2.24) is 15.2 Å². The summed E-state index contributed by atoms with van der Waals surface area (Å²) >= 11 is 0. The number of H-pyrrole nitrogens is 1. The molecule has 1 saturated heterocycles. The number of methoxy groups -OCH3 is 1. The van der Waals surface area contributed by atoms with Crippen LogP contribution in [-0.2, 0) is 0 Å². The van der Waals surface area contributed by atoms with Crippen molar-refractivity contribution in [2.45, 2.75) is 18.9 Å². The molecule has 150 valence electrons. The van der Waals surface area contributed by atoms with E-state index in [4.69, 9.17) is 4.74 Å². The Morgan fingerprint density at radius 1 is 1.14 bits per heavy atom. The first kappa shape index (κ1) is 19.2. The summed E-state index contributed by atoms with van der Waals surface area (Å²) in [7, 11) is 1.65. The Morgan fingerprint density at radius 2 is 1.86 bits per heavy atom. The van der Waals surface area contributed by atoms with Crippen molar-refractivity contribution in [1.29, 1.82) is 0 Å². The number of carbonyl (C=O) groups is 1. The van der Waals surface area contributed by atoms with Gasteiger partial charge >= 0.3 is 0 Å². The van der Waals surface area contributed by atoms with Crippen molar-refractivity contribution >= 4 is 16.7 Å². The van der Waals surface area contributed by atoms with Gasteiger partial charge in [-0.25, -0.2) is 0 Å². The van der Waals surface area contributed by atoms with Crippen LogP contribution in [0.5, 0.6) is 5.75 Å². The standard InChI is InChI=1S/C23H25N3O3/c1-29-18-10-8-16(9-11-18)21(26-12-4-5-13-26)15-24-23(28)20-14-17-6-2-3-7-19(17)22(27)25-20/h2-3,6-11,14,21H,4-5,12-13,15H2,1H3,(H,24,28)(H,25,27). The largest absolute Gasteiger partial charge is 0.497 e. The lowest BCUT2D eigenvalue weighted by molar-refractivity contribution is 0.0933. The van der Waals surface area contributed by atoms with E-state index in [9.17, 15) is 9.59 Å². The minimum absolute atomic E-state index is 0.0829. The van der Waals surface area contributed by atoms with Crippen molar-refractivity contribution in [3.8, 4) is 5.75 Å². The number of hydrogen-bond donors (Lipinski definition) is 2. The quantitative estimate of drug-likeness (QED) is 0.677. The van der Waals surface area contributed by atoms with Crippen molar-refractivity contribution in [3.63, 3.8) is 0 Å². The van der Waals surface area contributed by atoms with E-state index < -0.39 is 0 Å². The summed E-state index contributed by atoms with van der Waals surface area (Å²) < 4.78 is 5.26. The lowest BCUT2D eigenvalue weighted by Crippen LogP contribution is -2.37. The van der Waals surface area contributed by atoms with E-state index in [0.717, 1.165) is 29.8 Å². The normalized spacial score (nSPS) is 15.3. The highest BCUT2D eigenvalue weighted by Crippen LogP contribution is 2.26. The molecule has 2 aromatic carbocycles. The summed E-state index contributed by atoms with van der Waals surface area (Å²) in [5.74, 6) is 0.539. The molecular formula is C23H25N3O3. The summed E-state index contributed by atoms with van der Waals surface area (Å²) in [4.78, 5) is 30.1. The third-order valence-corrected chi connectivity index (χ3v) is 5.54. The predicted molar refractivity (Wildman–Crippen MR) is 113 cm³/mol. The van der Waals surface area contributed by atoms with Gasteiger partial charge in [-0.05, 0) is 61.1 Å². The molecule has 1 unspecified atom stereocenters. The zero-order valence-electron chi connectivity index (χ0n) is 16.5. The van der Waals surface area contributed by atoms with Crippen LogP contribution >= 0.6 is 0 Å². The molecule has 2 N–H and O–H groups in total. The Balaban J connectivity index is 1.53. The molecule has 4 rings (SSSR count). The molecule has 0 bridgehead atoms. The number of aromatic amines is 1. The van der Waals surface area contributed by atoms with Gasteiger partial charge in [-0.15, -0.1) is 0 Å². The highest BCUT2D eigenvalue weighted by atomic mass is 16.5. The Morgan fingerprint density at radius 3 is 2.59 bits per heavy atom. The minimum atomic E-state index is -0.273. The van der Waals surface area contributed by atoms with Crippen LogP contribution in [0, 0.1) is 0 Å². The smallest absolute Gasteiger partial charge is 0.267 e. The molecule has 0 saturated carbocycles. The first-order valence-corrected chi connectivity index (χ1v) is 9.94. The molecule has 1 aromatic heterocycles. The van der Waals surface area contributed by atoms with E-state index >= 15 is 0 Å². The van der Waals surface area contributed by atoms with Gasteiger partial charge in [0.2, 0.25) is 0 Å². The number of likely N-dealkylation sites (tertiary alicyclic amines) is 1. The molecule has 0 radical (unpaired) electrons. The molecule has 29 heavy (non-hydrogen) atoms. The van der Waals surface area contributed by atoms with Crippen LogP contribution in [0.2, 0.25) is 0 Å². The molecule has 1 fully saturated rings. The van der Waals surface area contributed by atoms with Gasteiger partial charge in [0.05, 0.1) is 13.2 Å². The maximum absolute atomic E-state index is 12.8. The van der Waals surface area contributed by atoms with Crippen LogP contribution in [0.4, 0.5) is 0 Å². The molecule has 3 aromatic rings. The van der Waals surface area contributed by atoms with Crippen molar-refractivity contribution in [2.75, 3.05) is 26.7 Å². The van der Waals surface area contributed by atoms with E-state index in [1.165, 1.54) is 12.8 Å². The lowest BCUT2D eigenvalue weighted by atomic mass is 10.0. The van der Waals surface area contributed by atoms with Crippen LogP contribution in [0.3, 0.4) is 0 Å². The molecule has 0 aliphatic carbocycles. The number of nitrogens with zero attached hydrogens (tertiary/aromatic N) is 1. The van der Waals surface area contributed by atoms with E-state index in [1.54, 1.807) is 19.2 Å². The van der Waals surface area contributed by atoms with E-state index in [0.29, 0.717) is 11.9 Å². The topological polar surface area (TPSA) is 74.4 Å². The zero-order chi connectivity index (χ0) is 20.2. The predicted octanol–water partition coefficient (Wildman–Crippen LogP) is 3.10. The first-order chi connectivity index (χ1) is 14.2. The second-order valence-corrected chi connectivity index (χ2v) is 7.34. The maximum atomic E-state index is 12.8. The van der Waals surface area contributed by atoms with Crippen molar-refractivity contribution in [3.05, 3.63) is 76.2 Å².